The molecule has 23 heavy (non-hydrogen) atoms. The molecule has 1 atom stereocenters. The van der Waals surface area contributed by atoms with Crippen LogP contribution in [-0.2, 0) is 22.6 Å². The topological polar surface area (TPSA) is 94.8 Å². The highest BCUT2D eigenvalue weighted by molar-refractivity contribution is 5.78. The Balaban J connectivity index is 2.15. The van der Waals surface area contributed by atoms with E-state index in [0.29, 0.717) is 0 Å². The quantitative estimate of drug-likeness (QED) is 0.730. The van der Waals surface area contributed by atoms with Gasteiger partial charge in [-0.15, -0.1) is 0 Å². The first-order valence-corrected chi connectivity index (χ1v) is 7.23. The summed E-state index contributed by atoms with van der Waals surface area (Å²) < 4.78 is 0. The average Bonchev–Trinajstić information content (AvgIpc) is 2.54. The summed E-state index contributed by atoms with van der Waals surface area (Å²) in [4.78, 5) is 21.8. The number of benzene rings is 2. The molecule has 2 rings (SSSR count). The molecule has 0 fully saturated rings. The van der Waals surface area contributed by atoms with Crippen molar-refractivity contribution in [1.82, 2.24) is 0 Å². The molecule has 0 radical (unpaired) electrons. The molecule has 0 spiro atoms. The van der Waals surface area contributed by atoms with Crippen molar-refractivity contribution in [3.05, 3.63) is 59.7 Å². The molecular formula is C18H18O5. The SMILES string of the molecule is O=C(O)C[C@H](Cc1ccc(-c2cccc(CO)c2)cc1)C(=O)O. The molecule has 0 bridgehead atoms. The Labute approximate surface area is 133 Å². The second-order valence-electron chi connectivity index (χ2n) is 5.39. The Bertz CT molecular complexity index is 691. The summed E-state index contributed by atoms with van der Waals surface area (Å²) in [6.45, 7) is -0.0264. The monoisotopic (exact) mass is 314 g/mol. The van der Waals surface area contributed by atoms with Crippen molar-refractivity contribution in [2.75, 3.05) is 0 Å². The summed E-state index contributed by atoms with van der Waals surface area (Å²) in [5.74, 6) is -3.15. The van der Waals surface area contributed by atoms with E-state index in [1.807, 2.05) is 36.4 Å². The van der Waals surface area contributed by atoms with E-state index in [4.69, 9.17) is 10.2 Å². The number of hydrogen-bond acceptors (Lipinski definition) is 3. The Kier molecular flexibility index (Phi) is 5.49. The van der Waals surface area contributed by atoms with Gasteiger partial charge in [0.1, 0.15) is 0 Å². The van der Waals surface area contributed by atoms with Gasteiger partial charge in [0.25, 0.3) is 0 Å². The third kappa shape index (κ3) is 4.66. The van der Waals surface area contributed by atoms with Crippen molar-refractivity contribution in [3.63, 3.8) is 0 Å². The fourth-order valence-corrected chi connectivity index (χ4v) is 2.42. The predicted octanol–water partition coefficient (Wildman–Crippen LogP) is 2.56. The summed E-state index contributed by atoms with van der Waals surface area (Å²) in [6.07, 6.45) is -0.214. The lowest BCUT2D eigenvalue weighted by molar-refractivity contribution is -0.148. The smallest absolute Gasteiger partial charge is 0.307 e. The van der Waals surface area contributed by atoms with Crippen molar-refractivity contribution in [1.29, 1.82) is 0 Å². The summed E-state index contributed by atoms with van der Waals surface area (Å²) in [7, 11) is 0. The highest BCUT2D eigenvalue weighted by Gasteiger charge is 2.21. The van der Waals surface area contributed by atoms with Gasteiger partial charge in [0, 0.05) is 0 Å². The van der Waals surface area contributed by atoms with Crippen LogP contribution in [0.3, 0.4) is 0 Å². The minimum Gasteiger partial charge on any atom is -0.481 e. The van der Waals surface area contributed by atoms with E-state index in [1.54, 1.807) is 12.1 Å². The van der Waals surface area contributed by atoms with Gasteiger partial charge in [-0.05, 0) is 34.7 Å². The predicted molar refractivity (Wildman–Crippen MR) is 84.9 cm³/mol. The number of aliphatic hydroxyl groups is 1. The van der Waals surface area contributed by atoms with Crippen molar-refractivity contribution >= 4 is 11.9 Å². The third-order valence-corrected chi connectivity index (χ3v) is 3.65. The first-order chi connectivity index (χ1) is 11.0. The summed E-state index contributed by atoms with van der Waals surface area (Å²) in [5.41, 5.74) is 3.51. The number of aliphatic carboxylic acids is 2. The highest BCUT2D eigenvalue weighted by Crippen LogP contribution is 2.22. The summed E-state index contributed by atoms with van der Waals surface area (Å²) in [5, 5.41) is 27.0. The zero-order chi connectivity index (χ0) is 16.8. The van der Waals surface area contributed by atoms with Gasteiger partial charge in [0.15, 0.2) is 0 Å². The van der Waals surface area contributed by atoms with Gasteiger partial charge >= 0.3 is 11.9 Å². The standard InChI is InChI=1S/C18H18O5/c19-11-13-2-1-3-15(9-13)14-6-4-12(5-7-14)8-16(18(22)23)10-17(20)21/h1-7,9,16,19H,8,10-11H2,(H,20,21)(H,22,23)/t16-/m0/s1. The Morgan fingerprint density at radius 3 is 2.17 bits per heavy atom. The number of carbonyl (C=O) groups is 2. The molecular weight excluding hydrogens is 296 g/mol. The molecule has 3 N–H and O–H groups in total. The highest BCUT2D eigenvalue weighted by atomic mass is 16.4. The first-order valence-electron chi connectivity index (χ1n) is 7.23. The van der Waals surface area contributed by atoms with Gasteiger partial charge in [0.2, 0.25) is 0 Å². The van der Waals surface area contributed by atoms with Gasteiger partial charge in [0.05, 0.1) is 18.9 Å². The van der Waals surface area contributed by atoms with E-state index in [-0.39, 0.29) is 13.0 Å². The molecule has 0 unspecified atom stereocenters. The maximum Gasteiger partial charge on any atom is 0.307 e. The van der Waals surface area contributed by atoms with Crippen LogP contribution in [0.4, 0.5) is 0 Å². The molecule has 0 heterocycles. The van der Waals surface area contributed by atoms with Crippen LogP contribution in [-0.4, -0.2) is 27.3 Å². The van der Waals surface area contributed by atoms with E-state index < -0.39 is 24.3 Å². The molecule has 0 saturated carbocycles. The Morgan fingerprint density at radius 1 is 0.913 bits per heavy atom. The van der Waals surface area contributed by atoms with E-state index in [1.165, 1.54) is 0 Å². The maximum absolute atomic E-state index is 11.1. The van der Waals surface area contributed by atoms with Crippen LogP contribution in [0.2, 0.25) is 0 Å². The number of carboxylic acids is 2. The third-order valence-electron chi connectivity index (χ3n) is 3.65. The van der Waals surface area contributed by atoms with Crippen LogP contribution < -0.4 is 0 Å². The molecule has 2 aromatic carbocycles. The Hall–Kier alpha value is -2.66. The molecule has 5 nitrogen and oxygen atoms in total. The minimum absolute atomic E-state index is 0.0264. The zero-order valence-corrected chi connectivity index (χ0v) is 12.5. The number of carboxylic acid groups (broad SMARTS) is 2. The van der Waals surface area contributed by atoms with Crippen LogP contribution in [0.5, 0.6) is 0 Å². The van der Waals surface area contributed by atoms with E-state index in [9.17, 15) is 14.7 Å². The molecule has 0 aliphatic carbocycles. The lowest BCUT2D eigenvalue weighted by Crippen LogP contribution is -2.20. The molecule has 0 aliphatic heterocycles. The molecule has 0 aromatic heterocycles. The van der Waals surface area contributed by atoms with Crippen molar-refractivity contribution in [3.8, 4) is 11.1 Å². The minimum atomic E-state index is -1.12. The second-order valence-corrected chi connectivity index (χ2v) is 5.39. The van der Waals surface area contributed by atoms with Crippen molar-refractivity contribution in [2.24, 2.45) is 5.92 Å². The van der Waals surface area contributed by atoms with Gasteiger partial charge in [-0.1, -0.05) is 42.5 Å². The molecule has 2 aromatic rings. The van der Waals surface area contributed by atoms with E-state index >= 15 is 0 Å². The number of aliphatic hydroxyl groups excluding tert-OH is 1. The molecule has 5 heteroatoms. The van der Waals surface area contributed by atoms with Gasteiger partial charge in [-0.3, -0.25) is 9.59 Å². The first kappa shape index (κ1) is 16.7. The Morgan fingerprint density at radius 2 is 1.61 bits per heavy atom. The van der Waals surface area contributed by atoms with Gasteiger partial charge in [-0.2, -0.15) is 0 Å². The van der Waals surface area contributed by atoms with Crippen molar-refractivity contribution < 1.29 is 24.9 Å². The summed E-state index contributed by atoms with van der Waals surface area (Å²) in [6, 6.07) is 14.9. The van der Waals surface area contributed by atoms with Crippen LogP contribution >= 0.6 is 0 Å². The van der Waals surface area contributed by atoms with Gasteiger partial charge < -0.3 is 15.3 Å². The van der Waals surface area contributed by atoms with Crippen LogP contribution in [0.15, 0.2) is 48.5 Å². The maximum atomic E-state index is 11.1. The largest absolute Gasteiger partial charge is 0.481 e. The van der Waals surface area contributed by atoms with Crippen molar-refractivity contribution in [2.45, 2.75) is 19.4 Å². The van der Waals surface area contributed by atoms with Crippen LogP contribution in [0.1, 0.15) is 17.5 Å². The van der Waals surface area contributed by atoms with E-state index in [0.717, 1.165) is 22.3 Å². The molecule has 0 saturated heterocycles. The average molecular weight is 314 g/mol. The number of hydrogen-bond donors (Lipinski definition) is 3. The van der Waals surface area contributed by atoms with Gasteiger partial charge in [-0.25, -0.2) is 0 Å². The fourth-order valence-electron chi connectivity index (χ4n) is 2.42. The van der Waals surface area contributed by atoms with Crippen LogP contribution in [0.25, 0.3) is 11.1 Å². The van der Waals surface area contributed by atoms with Crippen LogP contribution in [0, 0.1) is 5.92 Å². The zero-order valence-electron chi connectivity index (χ0n) is 12.5. The summed E-state index contributed by atoms with van der Waals surface area (Å²) >= 11 is 0. The normalized spacial score (nSPS) is 11.9. The molecule has 0 amide bonds. The lowest BCUT2D eigenvalue weighted by Gasteiger charge is -2.11. The fraction of sp³-hybridized carbons (Fsp3) is 0.222. The molecule has 0 aliphatic rings. The second kappa shape index (κ2) is 7.56. The number of rotatable bonds is 7. The lowest BCUT2D eigenvalue weighted by atomic mass is 9.94. The molecule has 120 valence electrons. The van der Waals surface area contributed by atoms with E-state index in [2.05, 4.69) is 0 Å².